The minimum atomic E-state index is -4.51. The van der Waals surface area contributed by atoms with Gasteiger partial charge < -0.3 is 15.2 Å². The Hall–Kier alpha value is -1.99. The van der Waals surface area contributed by atoms with Crippen molar-refractivity contribution in [3.8, 4) is 5.75 Å². The third kappa shape index (κ3) is 3.49. The summed E-state index contributed by atoms with van der Waals surface area (Å²) in [5, 5.41) is 10.7. The van der Waals surface area contributed by atoms with Crippen LogP contribution in [0.15, 0.2) is 18.3 Å². The molecule has 0 radical (unpaired) electrons. The summed E-state index contributed by atoms with van der Waals surface area (Å²) in [6, 6.07) is 1.97. The molecule has 0 spiro atoms. The lowest BCUT2D eigenvalue weighted by atomic mass is 9.89. The maximum Gasteiger partial charge on any atom is 0.433 e. The summed E-state index contributed by atoms with van der Waals surface area (Å²) in [6.07, 6.45) is -3.99. The van der Waals surface area contributed by atoms with Crippen LogP contribution in [-0.4, -0.2) is 28.3 Å². The fourth-order valence-corrected chi connectivity index (χ4v) is 1.79. The average Bonchev–Trinajstić information content (AvgIpc) is 2.25. The monoisotopic (exact) mass is 276 g/mol. The summed E-state index contributed by atoms with van der Waals surface area (Å²) in [5.74, 6) is 0.0844. The Labute approximate surface area is 106 Å². The molecule has 1 heterocycles. The first kappa shape index (κ1) is 13.4. The highest BCUT2D eigenvalue weighted by Gasteiger charge is 2.34. The highest BCUT2D eigenvalue weighted by molar-refractivity contribution is 5.65. The molecule has 0 aromatic carbocycles. The number of hydrogen-bond donors (Lipinski definition) is 2. The van der Waals surface area contributed by atoms with E-state index in [0.29, 0.717) is 12.8 Å². The van der Waals surface area contributed by atoms with Crippen LogP contribution in [0.5, 0.6) is 5.75 Å². The molecule has 1 amide bonds. The molecule has 19 heavy (non-hydrogen) atoms. The van der Waals surface area contributed by atoms with Crippen LogP contribution in [0.25, 0.3) is 0 Å². The number of nitrogens with zero attached hydrogens (tertiary/aromatic N) is 1. The van der Waals surface area contributed by atoms with Crippen molar-refractivity contribution in [1.29, 1.82) is 0 Å². The van der Waals surface area contributed by atoms with Crippen LogP contribution in [0.4, 0.5) is 18.0 Å². The molecule has 2 N–H and O–H groups in total. The van der Waals surface area contributed by atoms with E-state index < -0.39 is 18.0 Å². The minimum absolute atomic E-state index is 0.0844. The molecule has 1 saturated carbocycles. The standard InChI is InChI=1S/C11H11F3N2O3/c12-11(13,14)9-5-7(1-2-15-9)19-8-3-6(4-8)16-10(17)18/h1-2,5-6,8,16H,3-4H2,(H,17,18)/t6-,8-. The van der Waals surface area contributed by atoms with E-state index in [9.17, 15) is 18.0 Å². The number of ether oxygens (including phenoxy) is 1. The van der Waals surface area contributed by atoms with Gasteiger partial charge in [-0.15, -0.1) is 0 Å². The number of rotatable bonds is 3. The molecule has 104 valence electrons. The van der Waals surface area contributed by atoms with E-state index in [1.807, 2.05) is 0 Å². The second-order valence-electron chi connectivity index (χ2n) is 4.23. The number of pyridine rings is 1. The van der Waals surface area contributed by atoms with Gasteiger partial charge in [0.2, 0.25) is 0 Å². The Kier molecular flexibility index (Phi) is 3.50. The first-order valence-electron chi connectivity index (χ1n) is 5.54. The molecular formula is C11H11F3N2O3. The average molecular weight is 276 g/mol. The van der Waals surface area contributed by atoms with Crippen molar-refractivity contribution >= 4 is 6.09 Å². The van der Waals surface area contributed by atoms with Crippen molar-refractivity contribution in [3.05, 3.63) is 24.0 Å². The third-order valence-electron chi connectivity index (χ3n) is 2.75. The molecule has 0 aliphatic heterocycles. The van der Waals surface area contributed by atoms with Crippen LogP contribution in [0.2, 0.25) is 0 Å². The van der Waals surface area contributed by atoms with Gasteiger partial charge in [0.05, 0.1) is 0 Å². The zero-order valence-corrected chi connectivity index (χ0v) is 9.65. The minimum Gasteiger partial charge on any atom is -0.490 e. The second kappa shape index (κ2) is 4.94. The summed E-state index contributed by atoms with van der Waals surface area (Å²) in [6.45, 7) is 0. The molecule has 2 rings (SSSR count). The predicted molar refractivity (Wildman–Crippen MR) is 57.8 cm³/mol. The lowest BCUT2D eigenvalue weighted by Crippen LogP contribution is -2.48. The third-order valence-corrected chi connectivity index (χ3v) is 2.75. The van der Waals surface area contributed by atoms with E-state index in [1.165, 1.54) is 6.07 Å². The van der Waals surface area contributed by atoms with E-state index >= 15 is 0 Å². The van der Waals surface area contributed by atoms with Crippen LogP contribution >= 0.6 is 0 Å². The number of halogens is 3. The molecule has 1 aliphatic carbocycles. The van der Waals surface area contributed by atoms with Crippen LogP contribution in [0, 0.1) is 0 Å². The molecule has 1 aromatic heterocycles. The number of alkyl halides is 3. The fraction of sp³-hybridized carbons (Fsp3) is 0.455. The van der Waals surface area contributed by atoms with Gasteiger partial charge in [0.1, 0.15) is 17.5 Å². The Morgan fingerprint density at radius 2 is 2.16 bits per heavy atom. The Morgan fingerprint density at radius 3 is 2.74 bits per heavy atom. The van der Waals surface area contributed by atoms with E-state index in [0.717, 1.165) is 12.3 Å². The quantitative estimate of drug-likeness (QED) is 0.888. The Morgan fingerprint density at radius 1 is 1.47 bits per heavy atom. The molecule has 1 aliphatic rings. The Balaban J connectivity index is 1.90. The van der Waals surface area contributed by atoms with E-state index in [4.69, 9.17) is 9.84 Å². The van der Waals surface area contributed by atoms with Crippen molar-refractivity contribution < 1.29 is 27.8 Å². The molecule has 8 heteroatoms. The van der Waals surface area contributed by atoms with Crippen molar-refractivity contribution in [2.24, 2.45) is 0 Å². The lowest BCUT2D eigenvalue weighted by Gasteiger charge is -2.35. The van der Waals surface area contributed by atoms with Gasteiger partial charge in [0, 0.05) is 31.1 Å². The van der Waals surface area contributed by atoms with Gasteiger partial charge in [0.15, 0.2) is 0 Å². The maximum atomic E-state index is 12.4. The molecule has 5 nitrogen and oxygen atoms in total. The first-order valence-corrected chi connectivity index (χ1v) is 5.54. The number of carboxylic acid groups (broad SMARTS) is 1. The van der Waals surface area contributed by atoms with Gasteiger partial charge in [-0.05, 0) is 6.07 Å². The highest BCUT2D eigenvalue weighted by Crippen LogP contribution is 2.31. The largest absolute Gasteiger partial charge is 0.490 e. The summed E-state index contributed by atoms with van der Waals surface area (Å²) in [5.41, 5.74) is -1.01. The predicted octanol–water partition coefficient (Wildman–Crippen LogP) is 2.28. The first-order chi connectivity index (χ1) is 8.84. The number of hydrogen-bond acceptors (Lipinski definition) is 3. The normalized spacial score (nSPS) is 22.5. The topological polar surface area (TPSA) is 71.5 Å². The molecule has 0 atom stereocenters. The summed E-state index contributed by atoms with van der Waals surface area (Å²) in [4.78, 5) is 13.6. The molecule has 1 aromatic rings. The lowest BCUT2D eigenvalue weighted by molar-refractivity contribution is -0.141. The van der Waals surface area contributed by atoms with E-state index in [-0.39, 0.29) is 17.9 Å². The Bertz CT molecular complexity index is 472. The van der Waals surface area contributed by atoms with Gasteiger partial charge in [0.25, 0.3) is 0 Å². The number of carbonyl (C=O) groups is 1. The maximum absolute atomic E-state index is 12.4. The van der Waals surface area contributed by atoms with Gasteiger partial charge in [-0.3, -0.25) is 4.98 Å². The highest BCUT2D eigenvalue weighted by atomic mass is 19.4. The van der Waals surface area contributed by atoms with Gasteiger partial charge in [-0.25, -0.2) is 4.79 Å². The summed E-state index contributed by atoms with van der Waals surface area (Å²) >= 11 is 0. The van der Waals surface area contributed by atoms with Gasteiger partial charge >= 0.3 is 12.3 Å². The van der Waals surface area contributed by atoms with Crippen LogP contribution in [0.1, 0.15) is 18.5 Å². The van der Waals surface area contributed by atoms with Crippen molar-refractivity contribution in [1.82, 2.24) is 10.3 Å². The zero-order valence-electron chi connectivity index (χ0n) is 9.65. The molecular weight excluding hydrogens is 265 g/mol. The summed E-state index contributed by atoms with van der Waals surface area (Å²) < 4.78 is 42.6. The molecule has 1 fully saturated rings. The van der Waals surface area contributed by atoms with Crippen molar-refractivity contribution in [2.45, 2.75) is 31.2 Å². The van der Waals surface area contributed by atoms with Crippen LogP contribution in [-0.2, 0) is 6.18 Å². The van der Waals surface area contributed by atoms with Gasteiger partial charge in [-0.1, -0.05) is 0 Å². The second-order valence-corrected chi connectivity index (χ2v) is 4.23. The number of nitrogens with one attached hydrogen (secondary N) is 1. The molecule has 0 bridgehead atoms. The van der Waals surface area contributed by atoms with E-state index in [2.05, 4.69) is 10.3 Å². The van der Waals surface area contributed by atoms with E-state index in [1.54, 1.807) is 0 Å². The van der Waals surface area contributed by atoms with Gasteiger partial charge in [-0.2, -0.15) is 13.2 Å². The number of aromatic nitrogens is 1. The molecule has 0 unspecified atom stereocenters. The number of amides is 1. The summed E-state index contributed by atoms with van der Waals surface area (Å²) in [7, 11) is 0. The fourth-order valence-electron chi connectivity index (χ4n) is 1.79. The van der Waals surface area contributed by atoms with Crippen LogP contribution < -0.4 is 10.1 Å². The SMILES string of the molecule is O=C(O)N[C@H]1C[C@H](Oc2ccnc(C(F)(F)F)c2)C1. The smallest absolute Gasteiger partial charge is 0.433 e. The van der Waals surface area contributed by atoms with Crippen molar-refractivity contribution in [2.75, 3.05) is 0 Å². The van der Waals surface area contributed by atoms with Crippen LogP contribution in [0.3, 0.4) is 0 Å². The zero-order chi connectivity index (χ0) is 14.0. The van der Waals surface area contributed by atoms with Crippen molar-refractivity contribution in [3.63, 3.8) is 0 Å². The molecule has 0 saturated heterocycles.